The second kappa shape index (κ2) is 6.93. The number of nitrogens with zero attached hydrogens (tertiary/aromatic N) is 4. The summed E-state index contributed by atoms with van der Waals surface area (Å²) < 4.78 is 6.05. The van der Waals surface area contributed by atoms with E-state index < -0.39 is 0 Å². The fourth-order valence-electron chi connectivity index (χ4n) is 3.27. The summed E-state index contributed by atoms with van der Waals surface area (Å²) in [4.78, 5) is 15.4. The van der Waals surface area contributed by atoms with E-state index in [-0.39, 0.29) is 6.04 Å². The first-order chi connectivity index (χ1) is 11.9. The number of aromatic nitrogens is 3. The molecule has 0 amide bonds. The summed E-state index contributed by atoms with van der Waals surface area (Å²) in [5, 5.41) is 0. The van der Waals surface area contributed by atoms with Gasteiger partial charge in [0.15, 0.2) is 0 Å². The smallest absolute Gasteiger partial charge is 0.211 e. The van der Waals surface area contributed by atoms with E-state index in [1.165, 1.54) is 5.56 Å². The third-order valence-corrected chi connectivity index (χ3v) is 4.42. The molecule has 1 saturated heterocycles. The predicted molar refractivity (Wildman–Crippen MR) is 90.2 cm³/mol. The number of hydrogen-bond donors (Lipinski definition) is 0. The predicted octanol–water partition coefficient (Wildman–Crippen LogP) is 3.39. The number of benzene rings is 1. The molecule has 0 saturated carbocycles. The van der Waals surface area contributed by atoms with Gasteiger partial charge in [0.2, 0.25) is 5.89 Å². The number of likely N-dealkylation sites (tertiary alicyclic amines) is 1. The van der Waals surface area contributed by atoms with Gasteiger partial charge in [-0.15, -0.1) is 0 Å². The number of rotatable bonds is 5. The van der Waals surface area contributed by atoms with Gasteiger partial charge in [-0.2, -0.15) is 0 Å². The summed E-state index contributed by atoms with van der Waals surface area (Å²) in [6.07, 6.45) is 10.1. The maximum Gasteiger partial charge on any atom is 0.211 e. The lowest BCUT2D eigenvalue weighted by Gasteiger charge is -2.21. The van der Waals surface area contributed by atoms with Crippen LogP contribution in [0, 0.1) is 0 Å². The molecule has 0 aliphatic carbocycles. The molecule has 1 atom stereocenters. The summed E-state index contributed by atoms with van der Waals surface area (Å²) in [7, 11) is 0. The zero-order valence-electron chi connectivity index (χ0n) is 13.5. The molecule has 122 valence electrons. The Labute approximate surface area is 141 Å². The first kappa shape index (κ1) is 15.0. The first-order valence-electron chi connectivity index (χ1n) is 8.36. The molecule has 5 nitrogen and oxygen atoms in total. The van der Waals surface area contributed by atoms with Crippen LogP contribution in [0.5, 0.6) is 0 Å². The van der Waals surface area contributed by atoms with Gasteiger partial charge < -0.3 is 4.42 Å². The van der Waals surface area contributed by atoms with Crippen LogP contribution >= 0.6 is 0 Å². The molecule has 0 spiro atoms. The van der Waals surface area contributed by atoms with E-state index in [1.54, 1.807) is 12.4 Å². The molecule has 1 aliphatic rings. The van der Waals surface area contributed by atoms with Crippen LogP contribution < -0.4 is 0 Å². The van der Waals surface area contributed by atoms with Crippen molar-refractivity contribution in [2.24, 2.45) is 0 Å². The summed E-state index contributed by atoms with van der Waals surface area (Å²) in [6, 6.07) is 10.6. The van der Waals surface area contributed by atoms with Crippen LogP contribution in [-0.4, -0.2) is 26.4 Å². The van der Waals surface area contributed by atoms with Crippen LogP contribution in [0.3, 0.4) is 0 Å². The molecule has 5 heteroatoms. The molecule has 1 aliphatic heterocycles. The van der Waals surface area contributed by atoms with Crippen LogP contribution in [0.4, 0.5) is 0 Å². The molecule has 3 aromatic rings. The highest BCUT2D eigenvalue weighted by atomic mass is 16.4. The Morgan fingerprint density at radius 3 is 2.83 bits per heavy atom. The number of hydrogen-bond acceptors (Lipinski definition) is 5. The van der Waals surface area contributed by atoms with E-state index in [9.17, 15) is 0 Å². The van der Waals surface area contributed by atoms with Gasteiger partial charge in [-0.25, -0.2) is 4.98 Å². The average Bonchev–Trinajstić information content (AvgIpc) is 3.26. The molecule has 1 aromatic carbocycles. The molecular formula is C19H20N4O. The zero-order chi connectivity index (χ0) is 16.2. The summed E-state index contributed by atoms with van der Waals surface area (Å²) >= 11 is 0. The minimum absolute atomic E-state index is 0.233. The van der Waals surface area contributed by atoms with Gasteiger partial charge in [-0.05, 0) is 24.9 Å². The monoisotopic (exact) mass is 320 g/mol. The zero-order valence-corrected chi connectivity index (χ0v) is 13.5. The number of oxazole rings is 1. The lowest BCUT2D eigenvalue weighted by Crippen LogP contribution is -2.23. The molecule has 1 unspecified atom stereocenters. The quantitative estimate of drug-likeness (QED) is 0.721. The Kier molecular flexibility index (Phi) is 4.34. The largest absolute Gasteiger partial charge is 0.444 e. The molecule has 1 fully saturated rings. The summed E-state index contributed by atoms with van der Waals surface area (Å²) in [5.74, 6) is 1.74. The topological polar surface area (TPSA) is 55.1 Å². The van der Waals surface area contributed by atoms with E-state index in [0.717, 1.165) is 49.7 Å². The van der Waals surface area contributed by atoms with Gasteiger partial charge in [0.25, 0.3) is 0 Å². The van der Waals surface area contributed by atoms with Gasteiger partial charge in [0.05, 0.1) is 17.9 Å². The van der Waals surface area contributed by atoms with Gasteiger partial charge in [0, 0.05) is 31.6 Å². The lowest BCUT2D eigenvalue weighted by molar-refractivity contribution is 0.210. The highest BCUT2D eigenvalue weighted by Gasteiger charge is 2.30. The Morgan fingerprint density at radius 2 is 2.00 bits per heavy atom. The molecule has 0 bridgehead atoms. The van der Waals surface area contributed by atoms with E-state index >= 15 is 0 Å². The van der Waals surface area contributed by atoms with Crippen molar-refractivity contribution in [1.82, 2.24) is 19.9 Å². The van der Waals surface area contributed by atoms with E-state index in [4.69, 9.17) is 4.42 Å². The Balaban J connectivity index is 1.47. The fourth-order valence-corrected chi connectivity index (χ4v) is 3.27. The van der Waals surface area contributed by atoms with Crippen LogP contribution in [0.1, 0.15) is 41.8 Å². The lowest BCUT2D eigenvalue weighted by atomic mass is 10.1. The summed E-state index contributed by atoms with van der Waals surface area (Å²) in [6.45, 7) is 1.83. The van der Waals surface area contributed by atoms with Crippen molar-refractivity contribution < 1.29 is 4.42 Å². The third kappa shape index (κ3) is 3.36. The maximum atomic E-state index is 6.05. The van der Waals surface area contributed by atoms with E-state index in [2.05, 4.69) is 32.0 Å². The van der Waals surface area contributed by atoms with Crippen molar-refractivity contribution in [3.63, 3.8) is 0 Å². The van der Waals surface area contributed by atoms with Crippen molar-refractivity contribution in [3.05, 3.63) is 78.0 Å². The van der Waals surface area contributed by atoms with Crippen LogP contribution in [-0.2, 0) is 13.0 Å². The van der Waals surface area contributed by atoms with Gasteiger partial charge in [-0.3, -0.25) is 14.9 Å². The van der Waals surface area contributed by atoms with E-state index in [1.807, 2.05) is 30.6 Å². The van der Waals surface area contributed by atoms with Crippen molar-refractivity contribution in [1.29, 1.82) is 0 Å². The Bertz CT molecular complexity index is 772. The standard InChI is InChI=1S/C19H20N4O/c1-2-5-15(6-3-1)11-17-13-22-19(24-17)18-7-4-10-23(18)14-16-12-20-8-9-21-16/h1-3,5-6,8-9,12-13,18H,4,7,10-11,14H2. The normalized spacial score (nSPS) is 18.1. The van der Waals surface area contributed by atoms with Crippen LogP contribution in [0.2, 0.25) is 0 Å². The minimum Gasteiger partial charge on any atom is -0.444 e. The average molecular weight is 320 g/mol. The highest BCUT2D eigenvalue weighted by Crippen LogP contribution is 2.32. The second-order valence-electron chi connectivity index (χ2n) is 6.15. The van der Waals surface area contributed by atoms with Crippen LogP contribution in [0.15, 0.2) is 59.5 Å². The van der Waals surface area contributed by atoms with Gasteiger partial charge in [-0.1, -0.05) is 30.3 Å². The van der Waals surface area contributed by atoms with Crippen molar-refractivity contribution in [2.45, 2.75) is 31.8 Å². The minimum atomic E-state index is 0.233. The maximum absolute atomic E-state index is 6.05. The molecule has 4 rings (SSSR count). The molecule has 2 aromatic heterocycles. The third-order valence-electron chi connectivity index (χ3n) is 4.42. The second-order valence-corrected chi connectivity index (χ2v) is 6.15. The molecule has 3 heterocycles. The molecular weight excluding hydrogens is 300 g/mol. The first-order valence-corrected chi connectivity index (χ1v) is 8.36. The molecule has 24 heavy (non-hydrogen) atoms. The Morgan fingerprint density at radius 1 is 1.08 bits per heavy atom. The van der Waals surface area contributed by atoms with Crippen LogP contribution in [0.25, 0.3) is 0 Å². The van der Waals surface area contributed by atoms with Crippen molar-refractivity contribution in [3.8, 4) is 0 Å². The van der Waals surface area contributed by atoms with Crippen molar-refractivity contribution in [2.75, 3.05) is 6.54 Å². The van der Waals surface area contributed by atoms with Crippen molar-refractivity contribution >= 4 is 0 Å². The molecule has 0 N–H and O–H groups in total. The molecule has 0 radical (unpaired) electrons. The fraction of sp³-hybridized carbons (Fsp3) is 0.316. The summed E-state index contributed by atoms with van der Waals surface area (Å²) in [5.41, 5.74) is 2.23. The van der Waals surface area contributed by atoms with E-state index in [0.29, 0.717) is 0 Å². The highest BCUT2D eigenvalue weighted by molar-refractivity contribution is 5.19. The van der Waals surface area contributed by atoms with Gasteiger partial charge >= 0.3 is 0 Å². The Hall–Kier alpha value is -2.53. The SMILES string of the molecule is c1ccc(Cc2cnc(C3CCCN3Cc3cnccn3)o2)cc1. The van der Waals surface area contributed by atoms with Gasteiger partial charge in [0.1, 0.15) is 5.76 Å².